The fourth-order valence-corrected chi connectivity index (χ4v) is 5.41. The zero-order valence-electron chi connectivity index (χ0n) is 14.0. The van der Waals surface area contributed by atoms with Gasteiger partial charge in [0.05, 0.1) is 18.0 Å². The van der Waals surface area contributed by atoms with E-state index in [9.17, 15) is 4.79 Å². The summed E-state index contributed by atoms with van der Waals surface area (Å²) in [5.41, 5.74) is -0.0790. The number of furan rings is 1. The molecule has 2 bridgehead atoms. The molecule has 5 heterocycles. The third kappa shape index (κ3) is 2.38. The lowest BCUT2D eigenvalue weighted by Crippen LogP contribution is -2.41. The van der Waals surface area contributed by atoms with Gasteiger partial charge in [-0.1, -0.05) is 0 Å². The first kappa shape index (κ1) is 15.3. The highest BCUT2D eigenvalue weighted by molar-refractivity contribution is 7.09. The zero-order chi connectivity index (χ0) is 17.0. The maximum atomic E-state index is 12.2. The highest BCUT2D eigenvalue weighted by atomic mass is 32.1. The summed E-state index contributed by atoms with van der Waals surface area (Å²) in [7, 11) is 0. The van der Waals surface area contributed by atoms with Crippen molar-refractivity contribution in [1.29, 1.82) is 0 Å². The van der Waals surface area contributed by atoms with Crippen LogP contribution < -0.4 is 10.2 Å². The fraction of sp³-hybridized carbons (Fsp3) is 0.588. The molecule has 0 radical (unpaired) electrons. The standard InChI is InChI=1S/C17H20N4O3S/c1-10-19-16(25-20-10)21-8-12-11(13-4-5-17(12,9-21)24-13)7-18-15(22)14-3-2-6-23-14/h2-3,6,11-13H,4-5,7-9H2,1H3,(H,18,22)/t11-,12+,13+,17+/m0/s1. The monoisotopic (exact) mass is 360 g/mol. The van der Waals surface area contributed by atoms with E-state index < -0.39 is 0 Å². The first-order valence-corrected chi connectivity index (χ1v) is 9.47. The number of nitrogens with one attached hydrogen (secondary N) is 1. The molecule has 1 spiro atoms. The van der Waals surface area contributed by atoms with Crippen LogP contribution in [0.25, 0.3) is 0 Å². The Morgan fingerprint density at radius 1 is 1.56 bits per heavy atom. The Morgan fingerprint density at radius 3 is 3.24 bits per heavy atom. The largest absolute Gasteiger partial charge is 0.459 e. The van der Waals surface area contributed by atoms with E-state index in [1.54, 1.807) is 12.1 Å². The lowest BCUT2D eigenvalue weighted by molar-refractivity contribution is 0.0141. The number of fused-ring (bicyclic) bond motifs is 1. The highest BCUT2D eigenvalue weighted by Gasteiger charge is 2.63. The lowest BCUT2D eigenvalue weighted by atomic mass is 9.73. The molecule has 8 heteroatoms. The van der Waals surface area contributed by atoms with E-state index in [-0.39, 0.29) is 17.6 Å². The number of amides is 1. The van der Waals surface area contributed by atoms with Crippen molar-refractivity contribution >= 4 is 22.6 Å². The Bertz CT molecular complexity index is 792. The van der Waals surface area contributed by atoms with Gasteiger partial charge < -0.3 is 19.4 Å². The topological polar surface area (TPSA) is 80.5 Å². The summed E-state index contributed by atoms with van der Waals surface area (Å²) >= 11 is 1.45. The van der Waals surface area contributed by atoms with Gasteiger partial charge in [-0.15, -0.1) is 0 Å². The van der Waals surface area contributed by atoms with Gasteiger partial charge in [-0.2, -0.15) is 4.37 Å². The summed E-state index contributed by atoms with van der Waals surface area (Å²) in [5.74, 6) is 1.79. The van der Waals surface area contributed by atoms with Crippen LogP contribution in [0.15, 0.2) is 22.8 Å². The Balaban J connectivity index is 1.30. The molecule has 0 unspecified atom stereocenters. The molecule has 1 N–H and O–H groups in total. The van der Waals surface area contributed by atoms with Crippen LogP contribution in [0.1, 0.15) is 29.2 Å². The summed E-state index contributed by atoms with van der Waals surface area (Å²) in [5, 5.41) is 4.00. The van der Waals surface area contributed by atoms with Crippen molar-refractivity contribution in [2.75, 3.05) is 24.5 Å². The van der Waals surface area contributed by atoms with Gasteiger partial charge in [0.25, 0.3) is 5.91 Å². The van der Waals surface area contributed by atoms with Crippen LogP contribution in [0.3, 0.4) is 0 Å². The molecule has 2 aromatic heterocycles. The van der Waals surface area contributed by atoms with Crippen LogP contribution in [-0.4, -0.2) is 46.6 Å². The molecular weight excluding hydrogens is 340 g/mol. The van der Waals surface area contributed by atoms with Crippen molar-refractivity contribution < 1.29 is 13.9 Å². The Labute approximate surface area is 149 Å². The maximum absolute atomic E-state index is 12.2. The van der Waals surface area contributed by atoms with Crippen molar-refractivity contribution in [2.45, 2.75) is 31.5 Å². The van der Waals surface area contributed by atoms with Crippen molar-refractivity contribution in [3.8, 4) is 0 Å². The number of carbonyl (C=O) groups excluding carboxylic acids is 1. The number of anilines is 1. The van der Waals surface area contributed by atoms with Crippen LogP contribution >= 0.6 is 11.5 Å². The fourth-order valence-electron chi connectivity index (χ4n) is 4.73. The number of nitrogens with zero attached hydrogens (tertiary/aromatic N) is 3. The maximum Gasteiger partial charge on any atom is 0.286 e. The summed E-state index contributed by atoms with van der Waals surface area (Å²) in [6.07, 6.45) is 3.93. The molecule has 1 amide bonds. The molecule has 7 nitrogen and oxygen atoms in total. The number of rotatable bonds is 4. The van der Waals surface area contributed by atoms with Crippen LogP contribution in [0.2, 0.25) is 0 Å². The third-order valence-corrected chi connectivity index (χ3v) is 6.68. The number of hydrogen-bond acceptors (Lipinski definition) is 7. The third-order valence-electron chi connectivity index (χ3n) is 5.81. The molecular formula is C17H20N4O3S. The van der Waals surface area contributed by atoms with E-state index in [4.69, 9.17) is 9.15 Å². The molecule has 0 saturated carbocycles. The molecule has 3 aliphatic rings. The first-order valence-electron chi connectivity index (χ1n) is 8.69. The van der Waals surface area contributed by atoms with Crippen LogP contribution in [-0.2, 0) is 4.74 Å². The van der Waals surface area contributed by atoms with Gasteiger partial charge in [0.1, 0.15) is 5.82 Å². The quantitative estimate of drug-likeness (QED) is 0.896. The minimum Gasteiger partial charge on any atom is -0.459 e. The van der Waals surface area contributed by atoms with Crippen LogP contribution in [0.4, 0.5) is 5.13 Å². The zero-order valence-corrected chi connectivity index (χ0v) is 14.8. The second kappa shape index (κ2) is 5.54. The van der Waals surface area contributed by atoms with Gasteiger partial charge in [-0.25, -0.2) is 4.98 Å². The van der Waals surface area contributed by atoms with Crippen LogP contribution in [0, 0.1) is 18.8 Å². The lowest BCUT2D eigenvalue weighted by Gasteiger charge is -2.29. The Morgan fingerprint density at radius 2 is 2.48 bits per heavy atom. The second-order valence-corrected chi connectivity index (χ2v) is 7.95. The summed E-state index contributed by atoms with van der Waals surface area (Å²) in [6, 6.07) is 3.41. The van der Waals surface area contributed by atoms with E-state index in [1.807, 2.05) is 6.92 Å². The predicted molar refractivity (Wildman–Crippen MR) is 91.7 cm³/mol. The SMILES string of the molecule is Cc1nsc(N2C[C@@H]3[C@H](CNC(=O)c4ccco4)[C@H]4CC[C@]3(C2)O4)n1. The van der Waals surface area contributed by atoms with Gasteiger partial charge in [0, 0.05) is 43.0 Å². The van der Waals surface area contributed by atoms with Gasteiger partial charge in [0.15, 0.2) is 5.76 Å². The molecule has 3 fully saturated rings. The average molecular weight is 360 g/mol. The Hall–Kier alpha value is -1.93. The number of hydrogen-bond donors (Lipinski definition) is 1. The number of aromatic nitrogens is 2. The number of carbonyl (C=O) groups is 1. The van der Waals surface area contributed by atoms with E-state index in [2.05, 4.69) is 19.6 Å². The van der Waals surface area contributed by atoms with Gasteiger partial charge in [-0.3, -0.25) is 4.79 Å². The Kier molecular flexibility index (Phi) is 3.40. The van der Waals surface area contributed by atoms with E-state index in [0.29, 0.717) is 24.1 Å². The molecule has 0 aromatic carbocycles. The smallest absolute Gasteiger partial charge is 0.286 e. The van der Waals surface area contributed by atoms with Crippen LogP contribution in [0.5, 0.6) is 0 Å². The van der Waals surface area contributed by atoms with Crippen molar-refractivity contribution in [2.24, 2.45) is 11.8 Å². The molecule has 25 heavy (non-hydrogen) atoms. The number of aryl methyl sites for hydroxylation is 1. The van der Waals surface area contributed by atoms with Crippen molar-refractivity contribution in [3.05, 3.63) is 30.0 Å². The second-order valence-electron chi connectivity index (χ2n) is 7.22. The minimum absolute atomic E-state index is 0.0790. The predicted octanol–water partition coefficient (Wildman–Crippen LogP) is 1.85. The molecule has 5 rings (SSSR count). The summed E-state index contributed by atoms with van der Waals surface area (Å²) in [4.78, 5) is 19.0. The highest BCUT2D eigenvalue weighted by Crippen LogP contribution is 2.55. The first-order chi connectivity index (χ1) is 12.1. The molecule has 3 aliphatic heterocycles. The summed E-state index contributed by atoms with van der Waals surface area (Å²) < 4.78 is 15.9. The van der Waals surface area contributed by atoms with Gasteiger partial charge in [0.2, 0.25) is 5.13 Å². The summed E-state index contributed by atoms with van der Waals surface area (Å²) in [6.45, 7) is 4.35. The van der Waals surface area contributed by atoms with Gasteiger partial charge in [-0.05, 0) is 31.9 Å². The molecule has 3 saturated heterocycles. The minimum atomic E-state index is -0.156. The van der Waals surface area contributed by atoms with Gasteiger partial charge >= 0.3 is 0 Å². The van der Waals surface area contributed by atoms with E-state index in [0.717, 1.165) is 36.9 Å². The molecule has 4 atom stereocenters. The normalized spacial score (nSPS) is 33.0. The molecule has 2 aromatic rings. The van der Waals surface area contributed by atoms with Crippen molar-refractivity contribution in [1.82, 2.24) is 14.7 Å². The molecule has 0 aliphatic carbocycles. The van der Waals surface area contributed by atoms with E-state index >= 15 is 0 Å². The molecule has 132 valence electrons. The average Bonchev–Trinajstić information content (AvgIpc) is 3.37. The van der Waals surface area contributed by atoms with E-state index in [1.165, 1.54) is 17.8 Å². The number of ether oxygens (including phenoxy) is 1. The van der Waals surface area contributed by atoms with Crippen molar-refractivity contribution in [3.63, 3.8) is 0 Å².